The Balaban J connectivity index is 2.21. The van der Waals surface area contributed by atoms with Gasteiger partial charge in [-0.15, -0.1) is 0 Å². The van der Waals surface area contributed by atoms with Crippen molar-refractivity contribution in [1.82, 2.24) is 0 Å². The highest BCUT2D eigenvalue weighted by Crippen LogP contribution is 2.21. The molecule has 0 radical (unpaired) electrons. The van der Waals surface area contributed by atoms with Crippen LogP contribution in [0.2, 0.25) is 0 Å². The molecule has 5 heteroatoms. The molecule has 0 aliphatic heterocycles. The van der Waals surface area contributed by atoms with Crippen LogP contribution in [-0.4, -0.2) is 27.1 Å². The first kappa shape index (κ1) is 14.7. The van der Waals surface area contributed by atoms with E-state index in [0.29, 0.717) is 17.0 Å². The van der Waals surface area contributed by atoms with E-state index in [9.17, 15) is 4.79 Å². The average molecular weight is 285 g/mol. The van der Waals surface area contributed by atoms with E-state index >= 15 is 0 Å². The summed E-state index contributed by atoms with van der Waals surface area (Å²) < 4.78 is 5.12. The number of nitrogens with two attached hydrogens (primary N) is 1. The van der Waals surface area contributed by atoms with Crippen LogP contribution in [0.3, 0.4) is 0 Å². The van der Waals surface area contributed by atoms with Crippen molar-refractivity contribution in [2.75, 3.05) is 37.2 Å². The summed E-state index contributed by atoms with van der Waals surface area (Å²) in [4.78, 5) is 14.3. The largest absolute Gasteiger partial charge is 0.497 e. The van der Waals surface area contributed by atoms with Gasteiger partial charge in [0.25, 0.3) is 5.91 Å². The van der Waals surface area contributed by atoms with Crippen molar-refractivity contribution in [3.05, 3.63) is 48.0 Å². The Morgan fingerprint density at radius 1 is 1.19 bits per heavy atom. The third-order valence-electron chi connectivity index (χ3n) is 3.05. The molecule has 0 aromatic heterocycles. The quantitative estimate of drug-likeness (QED) is 0.847. The van der Waals surface area contributed by atoms with Crippen LogP contribution in [-0.2, 0) is 0 Å². The normalized spacial score (nSPS) is 10.0. The molecule has 2 rings (SSSR count). The number of hydrogen-bond donors (Lipinski definition) is 2. The Kier molecular flexibility index (Phi) is 4.33. The number of benzene rings is 2. The third-order valence-corrected chi connectivity index (χ3v) is 3.05. The second kappa shape index (κ2) is 6.17. The van der Waals surface area contributed by atoms with Crippen LogP contribution in [0.15, 0.2) is 42.5 Å². The lowest BCUT2D eigenvalue weighted by Crippen LogP contribution is -2.13. The molecular weight excluding hydrogens is 266 g/mol. The van der Waals surface area contributed by atoms with Gasteiger partial charge in [0, 0.05) is 42.8 Å². The number of carbonyl (C=O) groups is 1. The highest BCUT2D eigenvalue weighted by Gasteiger charge is 2.09. The number of ether oxygens (including phenoxy) is 1. The van der Waals surface area contributed by atoms with Gasteiger partial charge < -0.3 is 20.7 Å². The van der Waals surface area contributed by atoms with Gasteiger partial charge in [-0.3, -0.25) is 4.79 Å². The summed E-state index contributed by atoms with van der Waals surface area (Å²) in [5.74, 6) is 0.332. The monoisotopic (exact) mass is 285 g/mol. The first-order valence-electron chi connectivity index (χ1n) is 6.53. The average Bonchev–Trinajstić information content (AvgIpc) is 2.46. The van der Waals surface area contributed by atoms with Crippen molar-refractivity contribution in [2.45, 2.75) is 0 Å². The highest BCUT2D eigenvalue weighted by molar-refractivity contribution is 6.05. The van der Waals surface area contributed by atoms with Gasteiger partial charge in [-0.2, -0.15) is 0 Å². The van der Waals surface area contributed by atoms with Crippen LogP contribution in [0, 0.1) is 0 Å². The Labute approximate surface area is 124 Å². The second-order valence-corrected chi connectivity index (χ2v) is 4.89. The van der Waals surface area contributed by atoms with Crippen molar-refractivity contribution in [2.24, 2.45) is 0 Å². The zero-order valence-electron chi connectivity index (χ0n) is 12.4. The van der Waals surface area contributed by atoms with Crippen LogP contribution in [0.5, 0.6) is 5.75 Å². The highest BCUT2D eigenvalue weighted by atomic mass is 16.5. The molecule has 2 aromatic rings. The molecule has 0 atom stereocenters. The zero-order chi connectivity index (χ0) is 15.4. The molecule has 0 aliphatic rings. The van der Waals surface area contributed by atoms with Crippen molar-refractivity contribution in [3.8, 4) is 5.75 Å². The minimum Gasteiger partial charge on any atom is -0.497 e. The topological polar surface area (TPSA) is 67.6 Å². The predicted molar refractivity (Wildman–Crippen MR) is 86.1 cm³/mol. The van der Waals surface area contributed by atoms with Gasteiger partial charge >= 0.3 is 0 Å². The molecule has 0 saturated heterocycles. The van der Waals surface area contributed by atoms with Gasteiger partial charge in [0.2, 0.25) is 0 Å². The third kappa shape index (κ3) is 3.66. The molecule has 0 fully saturated rings. The molecule has 110 valence electrons. The van der Waals surface area contributed by atoms with E-state index in [0.717, 1.165) is 11.4 Å². The van der Waals surface area contributed by atoms with Gasteiger partial charge in [-0.05, 0) is 30.3 Å². The summed E-state index contributed by atoms with van der Waals surface area (Å²) in [5, 5.41) is 2.86. The maximum absolute atomic E-state index is 12.3. The number of hydrogen-bond acceptors (Lipinski definition) is 4. The van der Waals surface area contributed by atoms with Crippen LogP contribution in [0.1, 0.15) is 10.4 Å². The first-order valence-corrected chi connectivity index (χ1v) is 6.53. The summed E-state index contributed by atoms with van der Waals surface area (Å²) in [5.41, 5.74) is 8.45. The number of nitrogens with one attached hydrogen (secondary N) is 1. The van der Waals surface area contributed by atoms with Crippen molar-refractivity contribution < 1.29 is 9.53 Å². The molecule has 21 heavy (non-hydrogen) atoms. The van der Waals surface area contributed by atoms with Crippen LogP contribution >= 0.6 is 0 Å². The fraction of sp³-hybridized carbons (Fsp3) is 0.188. The van der Waals surface area contributed by atoms with E-state index in [4.69, 9.17) is 10.5 Å². The van der Waals surface area contributed by atoms with E-state index in [1.54, 1.807) is 18.2 Å². The summed E-state index contributed by atoms with van der Waals surface area (Å²) in [6.07, 6.45) is 0. The lowest BCUT2D eigenvalue weighted by atomic mass is 10.1. The molecule has 1 amide bonds. The summed E-state index contributed by atoms with van der Waals surface area (Å²) in [6, 6.07) is 12.6. The molecule has 0 bridgehead atoms. The van der Waals surface area contributed by atoms with E-state index in [2.05, 4.69) is 5.32 Å². The molecule has 3 N–H and O–H groups in total. The van der Waals surface area contributed by atoms with Gasteiger partial charge in [0.1, 0.15) is 5.75 Å². The molecule has 0 heterocycles. The molecular formula is C16H19N3O2. The lowest BCUT2D eigenvalue weighted by molar-refractivity contribution is 0.102. The first-order chi connectivity index (χ1) is 9.99. The maximum atomic E-state index is 12.3. The Hall–Kier alpha value is -2.69. The SMILES string of the molecule is COc1cc(N)cc(C(=O)Nc2cccc(N(C)C)c2)c1. The molecule has 0 aliphatic carbocycles. The summed E-state index contributed by atoms with van der Waals surface area (Å²) in [6.45, 7) is 0. The number of amides is 1. The minimum absolute atomic E-state index is 0.225. The fourth-order valence-electron chi connectivity index (χ4n) is 1.94. The van der Waals surface area contributed by atoms with E-state index in [1.807, 2.05) is 43.3 Å². The van der Waals surface area contributed by atoms with Gasteiger partial charge in [0.05, 0.1) is 7.11 Å². The summed E-state index contributed by atoms with van der Waals surface area (Å²) >= 11 is 0. The van der Waals surface area contributed by atoms with E-state index < -0.39 is 0 Å². The number of carbonyl (C=O) groups excluding carboxylic acids is 1. The minimum atomic E-state index is -0.225. The Morgan fingerprint density at radius 3 is 2.62 bits per heavy atom. The molecule has 0 unspecified atom stereocenters. The molecule has 2 aromatic carbocycles. The zero-order valence-corrected chi connectivity index (χ0v) is 12.4. The van der Waals surface area contributed by atoms with Gasteiger partial charge in [-0.25, -0.2) is 0 Å². The van der Waals surface area contributed by atoms with E-state index in [-0.39, 0.29) is 5.91 Å². The van der Waals surface area contributed by atoms with Crippen molar-refractivity contribution in [1.29, 1.82) is 0 Å². The van der Waals surface area contributed by atoms with Crippen LogP contribution < -0.4 is 20.7 Å². The fourth-order valence-corrected chi connectivity index (χ4v) is 1.94. The van der Waals surface area contributed by atoms with Gasteiger partial charge in [-0.1, -0.05) is 6.07 Å². The Bertz CT molecular complexity index is 654. The lowest BCUT2D eigenvalue weighted by Gasteiger charge is -2.14. The van der Waals surface area contributed by atoms with Crippen LogP contribution in [0.4, 0.5) is 17.1 Å². The van der Waals surface area contributed by atoms with Gasteiger partial charge in [0.15, 0.2) is 0 Å². The number of anilines is 3. The molecule has 0 spiro atoms. The standard InChI is InChI=1S/C16H19N3O2/c1-19(2)14-6-4-5-13(10-14)18-16(20)11-7-12(17)9-15(8-11)21-3/h4-10H,17H2,1-3H3,(H,18,20). The second-order valence-electron chi connectivity index (χ2n) is 4.89. The smallest absolute Gasteiger partial charge is 0.255 e. The number of nitrogens with zero attached hydrogens (tertiary/aromatic N) is 1. The maximum Gasteiger partial charge on any atom is 0.255 e. The van der Waals surface area contributed by atoms with E-state index in [1.165, 1.54) is 7.11 Å². The Morgan fingerprint density at radius 2 is 1.95 bits per heavy atom. The summed E-state index contributed by atoms with van der Waals surface area (Å²) in [7, 11) is 5.43. The van der Waals surface area contributed by atoms with Crippen LogP contribution in [0.25, 0.3) is 0 Å². The number of rotatable bonds is 4. The predicted octanol–water partition coefficient (Wildman–Crippen LogP) is 2.60. The number of nitrogen functional groups attached to an aromatic ring is 1. The molecule has 0 saturated carbocycles. The van der Waals surface area contributed by atoms with Crippen molar-refractivity contribution >= 4 is 23.0 Å². The molecule has 5 nitrogen and oxygen atoms in total. The number of methoxy groups -OCH3 is 1. The van der Waals surface area contributed by atoms with Crippen molar-refractivity contribution in [3.63, 3.8) is 0 Å².